The van der Waals surface area contributed by atoms with Gasteiger partial charge in [0.15, 0.2) is 5.96 Å². The summed E-state index contributed by atoms with van der Waals surface area (Å²) in [7, 11) is 0. The molecule has 1 aromatic heterocycles. The van der Waals surface area contributed by atoms with E-state index in [4.69, 9.17) is 23.0 Å². The molecule has 1 unspecified atom stereocenters. The van der Waals surface area contributed by atoms with E-state index in [1.807, 2.05) is 0 Å². The molecule has 22 heteroatoms. The summed E-state index contributed by atoms with van der Waals surface area (Å²) in [5, 5.41) is 30.9. The molecule has 0 radical (unpaired) electrons. The normalized spacial score (nSPS) is 18.2. The SMILES string of the molecule is CC(O)[C@H](NC(=O)CCCCCNC(=O)c1ccc(NN)nc1)C(=O)N[C@@H](CCCCN)C(=O)N1CCCC[C@H]1C(=O)N1CCC[C@H]1C(=O)N[C@@H](CCCN=C(N)N)C(=O)O. The number of likely N-dealkylation sites (tertiary alicyclic amines) is 2. The zero-order chi connectivity index (χ0) is 44.9. The van der Waals surface area contributed by atoms with Crippen molar-refractivity contribution in [1.82, 2.24) is 36.1 Å². The van der Waals surface area contributed by atoms with Gasteiger partial charge < -0.3 is 63.9 Å². The van der Waals surface area contributed by atoms with Gasteiger partial charge in [-0.3, -0.25) is 33.8 Å². The Bertz CT molecular complexity index is 1660. The number of guanidine groups is 1. The number of hydrogen-bond acceptors (Lipinski definition) is 13. The number of aliphatic imine (C=N–C) groups is 1. The molecule has 0 aromatic carbocycles. The van der Waals surface area contributed by atoms with Crippen LogP contribution in [-0.2, 0) is 28.8 Å². The summed E-state index contributed by atoms with van der Waals surface area (Å²) in [4.78, 5) is 103. The molecular weight excluding hydrogens is 795 g/mol. The Kier molecular flexibility index (Phi) is 21.1. The van der Waals surface area contributed by atoms with Crippen LogP contribution in [0, 0.1) is 0 Å². The third-order valence-electron chi connectivity index (χ3n) is 10.7. The zero-order valence-electron chi connectivity index (χ0n) is 35.0. The molecule has 15 N–H and O–H groups in total. The number of carboxylic acids is 1. The van der Waals surface area contributed by atoms with Gasteiger partial charge in [-0.2, -0.15) is 0 Å². The lowest BCUT2D eigenvalue weighted by molar-refractivity contribution is -0.152. The monoisotopic (exact) mass is 860 g/mol. The zero-order valence-corrected chi connectivity index (χ0v) is 35.0. The fraction of sp³-hybridized carbons (Fsp3) is 0.667. The molecule has 2 aliphatic heterocycles. The number of carboxylic acid groups (broad SMARTS) is 1. The van der Waals surface area contributed by atoms with E-state index >= 15 is 0 Å². The van der Waals surface area contributed by atoms with Gasteiger partial charge in [0, 0.05) is 38.8 Å². The lowest BCUT2D eigenvalue weighted by Crippen LogP contribution is -2.61. The van der Waals surface area contributed by atoms with Gasteiger partial charge in [0.05, 0.1) is 11.7 Å². The Morgan fingerprint density at radius 2 is 1.59 bits per heavy atom. The van der Waals surface area contributed by atoms with Gasteiger partial charge in [-0.05, 0) is 103 Å². The van der Waals surface area contributed by atoms with Crippen LogP contribution in [0.1, 0.15) is 107 Å². The first-order chi connectivity index (χ1) is 29.2. The van der Waals surface area contributed by atoms with E-state index in [2.05, 4.69) is 36.7 Å². The van der Waals surface area contributed by atoms with Gasteiger partial charge in [-0.1, -0.05) is 6.42 Å². The highest BCUT2D eigenvalue weighted by molar-refractivity contribution is 5.97. The minimum Gasteiger partial charge on any atom is -0.480 e. The number of nitrogens with two attached hydrogens (primary N) is 4. The van der Waals surface area contributed by atoms with E-state index in [9.17, 15) is 43.8 Å². The first-order valence-corrected chi connectivity index (χ1v) is 21.1. The molecule has 0 aliphatic carbocycles. The molecule has 22 nitrogen and oxygen atoms in total. The summed E-state index contributed by atoms with van der Waals surface area (Å²) in [5.74, 6) is 1.21. The number of nitrogen functional groups attached to an aromatic ring is 1. The molecule has 2 saturated heterocycles. The molecule has 0 bridgehead atoms. The van der Waals surface area contributed by atoms with Crippen molar-refractivity contribution in [1.29, 1.82) is 0 Å². The summed E-state index contributed by atoms with van der Waals surface area (Å²) in [6.07, 6.45) is 5.65. The van der Waals surface area contributed by atoms with Gasteiger partial charge in [0.1, 0.15) is 36.0 Å². The van der Waals surface area contributed by atoms with Crippen molar-refractivity contribution >= 4 is 53.2 Å². The minimum atomic E-state index is -1.38. The third-order valence-corrected chi connectivity index (χ3v) is 10.7. The van der Waals surface area contributed by atoms with Gasteiger partial charge in [-0.15, -0.1) is 0 Å². The van der Waals surface area contributed by atoms with Crippen LogP contribution >= 0.6 is 0 Å². The van der Waals surface area contributed by atoms with Gasteiger partial charge >= 0.3 is 5.97 Å². The highest BCUT2D eigenvalue weighted by atomic mass is 16.4. The van der Waals surface area contributed by atoms with Crippen molar-refractivity contribution in [2.24, 2.45) is 28.0 Å². The van der Waals surface area contributed by atoms with Crippen molar-refractivity contribution < 1.29 is 43.8 Å². The van der Waals surface area contributed by atoms with Gasteiger partial charge in [0.25, 0.3) is 5.91 Å². The summed E-state index contributed by atoms with van der Waals surface area (Å²) >= 11 is 0. The highest BCUT2D eigenvalue weighted by Gasteiger charge is 2.43. The molecule has 2 fully saturated rings. The Labute approximate surface area is 355 Å². The average molecular weight is 860 g/mol. The Morgan fingerprint density at radius 1 is 0.869 bits per heavy atom. The fourth-order valence-corrected chi connectivity index (χ4v) is 7.34. The number of rotatable bonds is 25. The number of anilines is 1. The second-order valence-electron chi connectivity index (χ2n) is 15.4. The average Bonchev–Trinajstić information content (AvgIpc) is 3.74. The first kappa shape index (κ1) is 49.8. The number of nitrogens with zero attached hydrogens (tertiary/aromatic N) is 4. The Morgan fingerprint density at radius 3 is 2.25 bits per heavy atom. The van der Waals surface area contributed by atoms with Gasteiger partial charge in [-0.25, -0.2) is 15.6 Å². The highest BCUT2D eigenvalue weighted by Crippen LogP contribution is 2.26. The van der Waals surface area contributed by atoms with Crippen molar-refractivity contribution in [3.05, 3.63) is 23.9 Å². The molecule has 6 amide bonds. The maximum absolute atomic E-state index is 14.3. The number of amides is 6. The lowest BCUT2D eigenvalue weighted by Gasteiger charge is -2.40. The number of aliphatic hydroxyl groups is 1. The third kappa shape index (κ3) is 16.1. The lowest BCUT2D eigenvalue weighted by atomic mass is 9.97. The van der Waals surface area contributed by atoms with Crippen LogP contribution in [0.2, 0.25) is 0 Å². The Hall–Kier alpha value is -5.61. The predicted octanol–water partition coefficient (Wildman–Crippen LogP) is -1.87. The van der Waals surface area contributed by atoms with Crippen LogP contribution in [0.5, 0.6) is 0 Å². The molecule has 6 atom stereocenters. The van der Waals surface area contributed by atoms with Crippen LogP contribution in [0.25, 0.3) is 0 Å². The molecule has 0 spiro atoms. The van der Waals surface area contributed by atoms with Crippen LogP contribution < -0.4 is 49.7 Å². The number of carbonyl (C=O) groups excluding carboxylic acids is 6. The van der Waals surface area contributed by atoms with Crippen LogP contribution in [-0.4, -0.2) is 141 Å². The van der Waals surface area contributed by atoms with E-state index in [0.29, 0.717) is 95.1 Å². The number of carbonyl (C=O) groups is 7. The van der Waals surface area contributed by atoms with E-state index in [1.165, 1.54) is 22.9 Å². The van der Waals surface area contributed by atoms with Crippen molar-refractivity contribution in [2.75, 3.05) is 38.1 Å². The molecular formula is C39H65N13O9. The predicted molar refractivity (Wildman–Crippen MR) is 225 cm³/mol. The first-order valence-electron chi connectivity index (χ1n) is 21.1. The van der Waals surface area contributed by atoms with Crippen LogP contribution in [0.3, 0.4) is 0 Å². The maximum atomic E-state index is 14.3. The quantitative estimate of drug-likeness (QED) is 0.0169. The molecule has 2 aliphatic rings. The number of pyridine rings is 1. The van der Waals surface area contributed by atoms with E-state index < -0.39 is 71.8 Å². The number of unbranched alkanes of at least 4 members (excludes halogenated alkanes) is 3. The summed E-state index contributed by atoms with van der Waals surface area (Å²) in [5.41, 5.74) is 19.2. The molecule has 61 heavy (non-hydrogen) atoms. The fourth-order valence-electron chi connectivity index (χ4n) is 7.34. The summed E-state index contributed by atoms with van der Waals surface area (Å²) in [6, 6.07) is -2.44. The van der Waals surface area contributed by atoms with Crippen molar-refractivity contribution in [2.45, 2.75) is 133 Å². The molecule has 340 valence electrons. The number of aliphatic hydroxyl groups excluding tert-OH is 1. The number of piperidine rings is 1. The standard InChI is InChI=1S/C39H65N13O9/c1-24(53)32(49-31(54)15-3-2-7-19-44-33(55)25-16-17-30(50-43)46-23-25)35(57)47-26(11-4-6-18-40)36(58)52-21-8-5-13-29(52)37(59)51-22-10-14-28(51)34(56)48-27(38(60)61)12-9-20-45-39(41)42/h16-17,23-24,26-29,32,53H,2-15,18-22,40,43H2,1H3,(H,44,55)(H,46,50)(H,47,57)(H,48,56)(H,49,54)(H,60,61)(H4,41,42,45)/t24?,26-,27-,28-,29-,32-/m0/s1. The smallest absolute Gasteiger partial charge is 0.326 e. The van der Waals surface area contributed by atoms with Crippen molar-refractivity contribution in [3.8, 4) is 0 Å². The summed E-state index contributed by atoms with van der Waals surface area (Å²) in [6.45, 7) is 2.69. The minimum absolute atomic E-state index is 0.0459. The van der Waals surface area contributed by atoms with E-state index in [1.54, 1.807) is 12.1 Å². The molecule has 0 saturated carbocycles. The van der Waals surface area contributed by atoms with Crippen LogP contribution in [0.4, 0.5) is 5.82 Å². The molecule has 3 heterocycles. The van der Waals surface area contributed by atoms with Crippen molar-refractivity contribution in [3.63, 3.8) is 0 Å². The number of hydrogen-bond donors (Lipinski definition) is 11. The molecule has 1 aromatic rings. The second kappa shape index (κ2) is 25.9. The number of aliphatic carboxylic acids is 1. The van der Waals surface area contributed by atoms with Crippen LogP contribution in [0.15, 0.2) is 23.3 Å². The number of hydrazine groups is 1. The topological polar surface area (TPSA) is 356 Å². The van der Waals surface area contributed by atoms with Gasteiger partial charge in [0.2, 0.25) is 29.5 Å². The summed E-state index contributed by atoms with van der Waals surface area (Å²) < 4.78 is 0. The van der Waals surface area contributed by atoms with E-state index in [-0.39, 0.29) is 50.8 Å². The van der Waals surface area contributed by atoms with E-state index in [0.717, 1.165) is 0 Å². The molecule has 3 rings (SSSR count). The maximum Gasteiger partial charge on any atom is 0.326 e. The second-order valence-corrected chi connectivity index (χ2v) is 15.4. The largest absolute Gasteiger partial charge is 0.480 e. The Balaban J connectivity index is 1.61. The number of nitrogens with one attached hydrogen (secondary N) is 5. The number of aromatic nitrogens is 1.